The molecule has 4 nitrogen and oxygen atoms in total. The normalized spacial score (nSPS) is 27.1. The Hall–Kier alpha value is -2.27. The van der Waals surface area contributed by atoms with E-state index in [9.17, 15) is 8.42 Å². The fourth-order valence-corrected chi connectivity index (χ4v) is 5.35. The molecule has 0 radical (unpaired) electrons. The Labute approximate surface area is 155 Å². The van der Waals surface area contributed by atoms with Crippen LogP contribution in [-0.4, -0.2) is 19.8 Å². The minimum Gasteiger partial charge on any atom is -0.497 e. The van der Waals surface area contributed by atoms with Crippen molar-refractivity contribution in [1.29, 1.82) is 0 Å². The molecule has 0 saturated heterocycles. The number of allylic oxidation sites excluding steroid dienone is 1. The van der Waals surface area contributed by atoms with Gasteiger partial charge in [-0.25, -0.2) is 8.42 Å². The van der Waals surface area contributed by atoms with Crippen LogP contribution in [0.1, 0.15) is 30.5 Å². The van der Waals surface area contributed by atoms with E-state index in [1.54, 1.807) is 29.7 Å². The van der Waals surface area contributed by atoms with Crippen LogP contribution >= 0.6 is 0 Å². The molecule has 2 aromatic carbocycles. The van der Waals surface area contributed by atoms with E-state index in [1.807, 2.05) is 49.4 Å². The van der Waals surface area contributed by atoms with E-state index < -0.39 is 10.0 Å². The number of fused-ring (bicyclic) bond motifs is 1. The summed E-state index contributed by atoms with van der Waals surface area (Å²) in [4.78, 5) is 0.329. The molecule has 0 unspecified atom stereocenters. The Morgan fingerprint density at radius 3 is 2.35 bits per heavy atom. The van der Waals surface area contributed by atoms with Gasteiger partial charge in [0, 0.05) is 6.20 Å². The summed E-state index contributed by atoms with van der Waals surface area (Å²) < 4.78 is 33.4. The molecule has 1 heterocycles. The zero-order chi connectivity index (χ0) is 18.5. The second-order valence-corrected chi connectivity index (χ2v) is 9.34. The monoisotopic (exact) mass is 369 g/mol. The molecular formula is C21H23NO3S. The van der Waals surface area contributed by atoms with Gasteiger partial charge in [0.25, 0.3) is 10.0 Å². The highest BCUT2D eigenvalue weighted by Gasteiger charge is 2.57. The van der Waals surface area contributed by atoms with Crippen LogP contribution in [0.5, 0.6) is 5.75 Å². The topological polar surface area (TPSA) is 46.6 Å². The molecular weight excluding hydrogens is 346 g/mol. The number of hydrogen-bond donors (Lipinski definition) is 0. The maximum absolute atomic E-state index is 13.3. The third-order valence-electron chi connectivity index (χ3n) is 5.66. The van der Waals surface area contributed by atoms with Crippen molar-refractivity contribution in [2.75, 3.05) is 7.11 Å². The van der Waals surface area contributed by atoms with Crippen LogP contribution in [0.15, 0.2) is 65.7 Å². The number of sulfonamides is 1. The molecule has 4 rings (SSSR count). The van der Waals surface area contributed by atoms with Gasteiger partial charge in [0.05, 0.1) is 18.0 Å². The number of ether oxygens (including phenoxy) is 1. The molecule has 2 aliphatic rings. The van der Waals surface area contributed by atoms with E-state index in [0.717, 1.165) is 23.3 Å². The van der Waals surface area contributed by atoms with Crippen molar-refractivity contribution in [3.8, 4) is 5.75 Å². The highest BCUT2D eigenvalue weighted by molar-refractivity contribution is 7.89. The first-order valence-corrected chi connectivity index (χ1v) is 10.2. The maximum Gasteiger partial charge on any atom is 0.264 e. The van der Waals surface area contributed by atoms with Crippen LogP contribution in [-0.2, 0) is 10.0 Å². The number of aryl methyl sites for hydroxylation is 1. The molecule has 2 aromatic rings. The predicted molar refractivity (Wildman–Crippen MR) is 101 cm³/mol. The van der Waals surface area contributed by atoms with Gasteiger partial charge >= 0.3 is 0 Å². The number of rotatable bonds is 4. The first-order chi connectivity index (χ1) is 12.3. The third kappa shape index (κ3) is 2.71. The first-order valence-electron chi connectivity index (χ1n) is 8.79. The standard InChI is InChI=1S/C21H23NO3S/c1-15-4-10-18(11-5-15)26(23,24)22-13-12-21(2)14-19(21)20(22)16-6-8-17(25-3)9-7-16/h4-13,19-20H,14H2,1-3H3/t19-,20-,21-/m1/s1. The summed E-state index contributed by atoms with van der Waals surface area (Å²) >= 11 is 0. The summed E-state index contributed by atoms with van der Waals surface area (Å²) in [6, 6.07) is 14.6. The quantitative estimate of drug-likeness (QED) is 0.808. The molecule has 1 aliphatic carbocycles. The minimum absolute atomic E-state index is 0.0872. The van der Waals surface area contributed by atoms with Gasteiger partial charge < -0.3 is 4.74 Å². The molecule has 0 bridgehead atoms. The van der Waals surface area contributed by atoms with Crippen molar-refractivity contribution in [3.63, 3.8) is 0 Å². The minimum atomic E-state index is -3.61. The number of methoxy groups -OCH3 is 1. The van der Waals surface area contributed by atoms with E-state index in [2.05, 4.69) is 6.92 Å². The Morgan fingerprint density at radius 2 is 1.73 bits per heavy atom. The number of benzene rings is 2. The van der Waals surface area contributed by atoms with Crippen LogP contribution in [0.2, 0.25) is 0 Å². The van der Waals surface area contributed by atoms with Crippen LogP contribution in [0.3, 0.4) is 0 Å². The Kier molecular flexibility index (Phi) is 3.88. The zero-order valence-electron chi connectivity index (χ0n) is 15.2. The van der Waals surface area contributed by atoms with Gasteiger partial charge in [-0.3, -0.25) is 4.31 Å². The second-order valence-electron chi connectivity index (χ2n) is 7.50. The van der Waals surface area contributed by atoms with Crippen LogP contribution < -0.4 is 4.74 Å². The first kappa shape index (κ1) is 17.2. The lowest BCUT2D eigenvalue weighted by Crippen LogP contribution is -2.35. The molecule has 5 heteroatoms. The molecule has 0 aromatic heterocycles. The lowest BCUT2D eigenvalue weighted by Gasteiger charge is -2.35. The van der Waals surface area contributed by atoms with E-state index in [1.165, 1.54) is 0 Å². The van der Waals surface area contributed by atoms with Crippen molar-refractivity contribution in [1.82, 2.24) is 4.31 Å². The van der Waals surface area contributed by atoms with Crippen molar-refractivity contribution >= 4 is 10.0 Å². The van der Waals surface area contributed by atoms with Crippen molar-refractivity contribution in [2.24, 2.45) is 11.3 Å². The highest BCUT2D eigenvalue weighted by atomic mass is 32.2. The van der Waals surface area contributed by atoms with Gasteiger partial charge in [0.2, 0.25) is 0 Å². The highest BCUT2D eigenvalue weighted by Crippen LogP contribution is 2.63. The average molecular weight is 369 g/mol. The SMILES string of the molecule is COc1ccc([C@@H]2[C@H]3C[C@@]3(C)C=CN2S(=O)(=O)c2ccc(C)cc2)cc1. The molecule has 0 N–H and O–H groups in total. The smallest absolute Gasteiger partial charge is 0.264 e. The second kappa shape index (κ2) is 5.88. The number of hydrogen-bond acceptors (Lipinski definition) is 3. The van der Waals surface area contributed by atoms with E-state index >= 15 is 0 Å². The molecule has 3 atom stereocenters. The molecule has 1 saturated carbocycles. The third-order valence-corrected chi connectivity index (χ3v) is 7.43. The summed E-state index contributed by atoms with van der Waals surface area (Å²) in [6.07, 6.45) is 4.80. The lowest BCUT2D eigenvalue weighted by atomic mass is 9.93. The summed E-state index contributed by atoms with van der Waals surface area (Å²) in [5, 5.41) is 0. The summed E-state index contributed by atoms with van der Waals surface area (Å²) in [7, 11) is -1.98. The lowest BCUT2D eigenvalue weighted by molar-refractivity contribution is 0.323. The molecule has 1 aliphatic heterocycles. The summed E-state index contributed by atoms with van der Waals surface area (Å²) in [5.74, 6) is 1.06. The van der Waals surface area contributed by atoms with Crippen LogP contribution in [0, 0.1) is 18.3 Å². The van der Waals surface area contributed by atoms with Crippen molar-refractivity contribution < 1.29 is 13.2 Å². The Bertz CT molecular complexity index is 948. The number of nitrogens with zero attached hydrogens (tertiary/aromatic N) is 1. The zero-order valence-corrected chi connectivity index (χ0v) is 16.0. The van der Waals surface area contributed by atoms with Gasteiger partial charge in [0.1, 0.15) is 5.75 Å². The fourth-order valence-electron chi connectivity index (χ4n) is 3.83. The van der Waals surface area contributed by atoms with Crippen LogP contribution in [0.4, 0.5) is 0 Å². The van der Waals surface area contributed by atoms with E-state index in [4.69, 9.17) is 4.74 Å². The molecule has 1 fully saturated rings. The predicted octanol–water partition coefficient (Wildman–Crippen LogP) is 4.29. The van der Waals surface area contributed by atoms with E-state index in [0.29, 0.717) is 10.8 Å². The maximum atomic E-state index is 13.3. The van der Waals surface area contributed by atoms with Crippen molar-refractivity contribution in [2.45, 2.75) is 31.2 Å². The van der Waals surface area contributed by atoms with Gasteiger partial charge in [-0.2, -0.15) is 0 Å². The fraction of sp³-hybridized carbons (Fsp3) is 0.333. The van der Waals surface area contributed by atoms with Gasteiger partial charge in [0.15, 0.2) is 0 Å². The molecule has 0 spiro atoms. The summed E-state index contributed by atoms with van der Waals surface area (Å²) in [6.45, 7) is 4.15. The van der Waals surface area contributed by atoms with E-state index in [-0.39, 0.29) is 11.5 Å². The average Bonchev–Trinajstić information content (AvgIpc) is 3.33. The Balaban J connectivity index is 1.77. The van der Waals surface area contributed by atoms with Gasteiger partial charge in [-0.1, -0.05) is 42.8 Å². The Morgan fingerprint density at radius 1 is 1.08 bits per heavy atom. The van der Waals surface area contributed by atoms with Gasteiger partial charge in [-0.15, -0.1) is 0 Å². The van der Waals surface area contributed by atoms with Gasteiger partial charge in [-0.05, 0) is 54.5 Å². The summed E-state index contributed by atoms with van der Waals surface area (Å²) in [5.41, 5.74) is 2.13. The van der Waals surface area contributed by atoms with Crippen LogP contribution in [0.25, 0.3) is 0 Å². The van der Waals surface area contributed by atoms with Crippen molar-refractivity contribution in [3.05, 3.63) is 71.9 Å². The molecule has 26 heavy (non-hydrogen) atoms. The largest absolute Gasteiger partial charge is 0.497 e. The molecule has 0 amide bonds. The molecule has 136 valence electrons.